The molecule has 140 valence electrons. The Bertz CT molecular complexity index is 744. The smallest absolute Gasteiger partial charge is 0.279 e. The molecular weight excluding hydrogens is 332 g/mol. The number of nitrogens with one attached hydrogen (secondary N) is 2. The molecule has 2 rings (SSSR count). The van der Waals surface area contributed by atoms with Gasteiger partial charge in [-0.1, -0.05) is 0 Å². The van der Waals surface area contributed by atoms with Gasteiger partial charge in [0, 0.05) is 11.3 Å². The van der Waals surface area contributed by atoms with E-state index in [1.807, 2.05) is 50.4 Å². The summed E-state index contributed by atoms with van der Waals surface area (Å²) in [6.07, 6.45) is 0. The Morgan fingerprint density at radius 3 is 2.19 bits per heavy atom. The lowest BCUT2D eigenvalue weighted by molar-refractivity contribution is -0.885. The molecular formula is C20H27N2O4+. The van der Waals surface area contributed by atoms with Crippen LogP contribution in [0, 0.1) is 6.92 Å². The number of hydrogen-bond acceptors (Lipinski definition) is 4. The summed E-state index contributed by atoms with van der Waals surface area (Å²) in [5.74, 6) is 2.13. The number of quaternary nitrogens is 1. The van der Waals surface area contributed by atoms with Crippen molar-refractivity contribution >= 4 is 11.6 Å². The maximum atomic E-state index is 12.3. The quantitative estimate of drug-likeness (QED) is 0.753. The lowest BCUT2D eigenvalue weighted by Gasteiger charge is -2.17. The Balaban J connectivity index is 1.97. The fourth-order valence-corrected chi connectivity index (χ4v) is 2.75. The Morgan fingerprint density at radius 2 is 1.62 bits per heavy atom. The fourth-order valence-electron chi connectivity index (χ4n) is 2.75. The highest BCUT2D eigenvalue weighted by Crippen LogP contribution is 2.29. The number of anilines is 1. The topological polar surface area (TPSA) is 61.2 Å². The summed E-state index contributed by atoms with van der Waals surface area (Å²) >= 11 is 0. The molecule has 6 nitrogen and oxygen atoms in total. The molecule has 0 saturated carbocycles. The number of rotatable bonds is 8. The molecule has 0 aliphatic heterocycles. The van der Waals surface area contributed by atoms with Gasteiger partial charge in [-0.2, -0.15) is 0 Å². The lowest BCUT2D eigenvalue weighted by Crippen LogP contribution is -3.08. The molecule has 1 unspecified atom stereocenters. The second-order valence-electron chi connectivity index (χ2n) is 6.22. The number of benzene rings is 2. The minimum Gasteiger partial charge on any atom is -0.497 e. The van der Waals surface area contributed by atoms with Crippen LogP contribution in [0.3, 0.4) is 0 Å². The molecule has 0 saturated heterocycles. The molecule has 0 radical (unpaired) electrons. The largest absolute Gasteiger partial charge is 0.497 e. The van der Waals surface area contributed by atoms with Crippen LogP contribution in [0.4, 0.5) is 5.69 Å². The molecule has 0 fully saturated rings. The van der Waals surface area contributed by atoms with Crippen molar-refractivity contribution in [2.75, 3.05) is 40.2 Å². The van der Waals surface area contributed by atoms with E-state index in [1.165, 1.54) is 0 Å². The van der Waals surface area contributed by atoms with Gasteiger partial charge in [0.05, 0.1) is 28.4 Å². The van der Waals surface area contributed by atoms with Gasteiger partial charge in [-0.3, -0.25) is 4.79 Å². The molecule has 6 heteroatoms. The maximum absolute atomic E-state index is 12.3. The first-order valence-electron chi connectivity index (χ1n) is 8.43. The van der Waals surface area contributed by atoms with Crippen LogP contribution >= 0.6 is 0 Å². The van der Waals surface area contributed by atoms with Crippen LogP contribution in [0.25, 0.3) is 0 Å². The van der Waals surface area contributed by atoms with Crippen LogP contribution in [0.15, 0.2) is 36.4 Å². The minimum atomic E-state index is -0.0363. The van der Waals surface area contributed by atoms with Gasteiger partial charge in [-0.25, -0.2) is 0 Å². The van der Waals surface area contributed by atoms with E-state index in [1.54, 1.807) is 21.3 Å². The zero-order valence-corrected chi connectivity index (χ0v) is 16.0. The summed E-state index contributed by atoms with van der Waals surface area (Å²) in [6.45, 7) is 3.10. The van der Waals surface area contributed by atoms with E-state index in [0.29, 0.717) is 24.6 Å². The van der Waals surface area contributed by atoms with Crippen LogP contribution in [0.2, 0.25) is 0 Å². The van der Waals surface area contributed by atoms with Gasteiger partial charge in [-0.05, 0) is 48.9 Å². The first kappa shape index (κ1) is 19.6. The monoisotopic (exact) mass is 359 g/mol. The SMILES string of the molecule is COc1ccc(NC(=O)C[NH+](C)Cc2cc(OC)c(OC)cc2C)cc1. The second kappa shape index (κ2) is 9.10. The molecule has 0 aliphatic rings. The summed E-state index contributed by atoms with van der Waals surface area (Å²) in [7, 11) is 6.85. The van der Waals surface area contributed by atoms with Gasteiger partial charge in [0.15, 0.2) is 18.0 Å². The van der Waals surface area contributed by atoms with E-state index in [-0.39, 0.29) is 5.91 Å². The number of aryl methyl sites for hydroxylation is 1. The van der Waals surface area contributed by atoms with Crippen molar-refractivity contribution in [2.24, 2.45) is 0 Å². The van der Waals surface area contributed by atoms with Gasteiger partial charge in [0.2, 0.25) is 0 Å². The second-order valence-corrected chi connectivity index (χ2v) is 6.22. The Hall–Kier alpha value is -2.73. The number of methoxy groups -OCH3 is 3. The van der Waals surface area contributed by atoms with Gasteiger partial charge in [-0.15, -0.1) is 0 Å². The van der Waals surface area contributed by atoms with E-state index in [4.69, 9.17) is 14.2 Å². The molecule has 26 heavy (non-hydrogen) atoms. The first-order valence-corrected chi connectivity index (χ1v) is 8.43. The number of carbonyl (C=O) groups is 1. The third kappa shape index (κ3) is 5.13. The number of likely N-dealkylation sites (N-methyl/N-ethyl adjacent to an activating group) is 1. The lowest BCUT2D eigenvalue weighted by atomic mass is 10.1. The Kier molecular flexibility index (Phi) is 6.86. The zero-order valence-electron chi connectivity index (χ0n) is 16.0. The molecule has 0 aromatic heterocycles. The predicted molar refractivity (Wildman–Crippen MR) is 101 cm³/mol. The fraction of sp³-hybridized carbons (Fsp3) is 0.350. The highest BCUT2D eigenvalue weighted by Gasteiger charge is 2.15. The van der Waals surface area contributed by atoms with Gasteiger partial charge in [0.25, 0.3) is 5.91 Å². The predicted octanol–water partition coefficient (Wildman–Crippen LogP) is 1.67. The summed E-state index contributed by atoms with van der Waals surface area (Å²) < 4.78 is 15.8. The Morgan fingerprint density at radius 1 is 1.00 bits per heavy atom. The average molecular weight is 359 g/mol. The molecule has 0 spiro atoms. The average Bonchev–Trinajstić information content (AvgIpc) is 2.63. The first-order chi connectivity index (χ1) is 12.5. The summed E-state index contributed by atoms with van der Waals surface area (Å²) in [6, 6.07) is 11.2. The maximum Gasteiger partial charge on any atom is 0.279 e. The number of amides is 1. The third-order valence-electron chi connectivity index (χ3n) is 4.17. The zero-order chi connectivity index (χ0) is 19.1. The number of hydrogen-bond donors (Lipinski definition) is 2. The van der Waals surface area contributed by atoms with Crippen LogP contribution < -0.4 is 24.4 Å². The van der Waals surface area contributed by atoms with Gasteiger partial charge < -0.3 is 24.4 Å². The number of ether oxygens (including phenoxy) is 3. The molecule has 2 aromatic carbocycles. The van der Waals surface area contributed by atoms with Crippen molar-refractivity contribution in [3.63, 3.8) is 0 Å². The Labute approximate surface area is 154 Å². The summed E-state index contributed by atoms with van der Waals surface area (Å²) in [5.41, 5.74) is 2.99. The van der Waals surface area contributed by atoms with Crippen molar-refractivity contribution in [1.29, 1.82) is 0 Å². The van der Waals surface area contributed by atoms with Crippen molar-refractivity contribution in [3.8, 4) is 17.2 Å². The molecule has 2 N–H and O–H groups in total. The van der Waals surface area contributed by atoms with Crippen LogP contribution in [0.1, 0.15) is 11.1 Å². The molecule has 0 heterocycles. The number of carbonyl (C=O) groups excluding carboxylic acids is 1. The highest BCUT2D eigenvalue weighted by molar-refractivity contribution is 5.91. The van der Waals surface area contributed by atoms with Crippen LogP contribution in [-0.2, 0) is 11.3 Å². The van der Waals surface area contributed by atoms with Crippen molar-refractivity contribution in [2.45, 2.75) is 13.5 Å². The molecule has 0 aliphatic carbocycles. The van der Waals surface area contributed by atoms with E-state index < -0.39 is 0 Å². The van der Waals surface area contributed by atoms with Crippen LogP contribution in [0.5, 0.6) is 17.2 Å². The molecule has 1 amide bonds. The van der Waals surface area contributed by atoms with Crippen LogP contribution in [-0.4, -0.2) is 40.8 Å². The van der Waals surface area contributed by atoms with Crippen molar-refractivity contribution in [1.82, 2.24) is 0 Å². The van der Waals surface area contributed by atoms with Crippen molar-refractivity contribution < 1.29 is 23.9 Å². The minimum absolute atomic E-state index is 0.0363. The molecule has 2 aromatic rings. The van der Waals surface area contributed by atoms with Crippen molar-refractivity contribution in [3.05, 3.63) is 47.5 Å². The highest BCUT2D eigenvalue weighted by atomic mass is 16.5. The van der Waals surface area contributed by atoms with E-state index in [0.717, 1.165) is 27.5 Å². The van der Waals surface area contributed by atoms with E-state index in [9.17, 15) is 4.79 Å². The van der Waals surface area contributed by atoms with E-state index >= 15 is 0 Å². The van der Waals surface area contributed by atoms with E-state index in [2.05, 4.69) is 5.32 Å². The molecule has 0 bridgehead atoms. The normalized spacial score (nSPS) is 11.6. The van der Waals surface area contributed by atoms with Gasteiger partial charge >= 0.3 is 0 Å². The summed E-state index contributed by atoms with van der Waals surface area (Å²) in [4.78, 5) is 13.3. The standard InChI is InChI=1S/C20H26N2O4/c1-14-10-18(25-4)19(26-5)11-15(14)12-22(2)13-20(23)21-16-6-8-17(24-3)9-7-16/h6-11H,12-13H2,1-5H3,(H,21,23)/p+1. The summed E-state index contributed by atoms with van der Waals surface area (Å²) in [5, 5.41) is 2.91. The molecule has 1 atom stereocenters. The third-order valence-corrected chi connectivity index (χ3v) is 4.17. The van der Waals surface area contributed by atoms with Gasteiger partial charge in [0.1, 0.15) is 12.3 Å².